The second kappa shape index (κ2) is 3.35. The first-order valence-electron chi connectivity index (χ1n) is 4.21. The quantitative estimate of drug-likeness (QED) is 0.571. The monoisotopic (exact) mass is 142 g/mol. The Hall–Kier alpha value is -0.0800. The lowest BCUT2D eigenvalue weighted by Crippen LogP contribution is -2.49. The van der Waals surface area contributed by atoms with E-state index in [0.29, 0.717) is 5.92 Å². The topological polar surface area (TPSA) is 38.0 Å². The van der Waals surface area contributed by atoms with E-state index in [1.165, 1.54) is 12.8 Å². The van der Waals surface area contributed by atoms with Gasteiger partial charge in [0.05, 0.1) is 6.17 Å². The molecule has 1 aliphatic heterocycles. The molecule has 0 amide bonds. The molecule has 0 spiro atoms. The van der Waals surface area contributed by atoms with E-state index in [4.69, 9.17) is 5.73 Å². The van der Waals surface area contributed by atoms with Gasteiger partial charge in [0.25, 0.3) is 0 Å². The van der Waals surface area contributed by atoms with Crippen LogP contribution in [0.2, 0.25) is 0 Å². The van der Waals surface area contributed by atoms with Crippen LogP contribution in [-0.2, 0) is 0 Å². The SMILES string of the molecule is CC(C)C1CCCNC1N. The summed E-state index contributed by atoms with van der Waals surface area (Å²) in [6.45, 7) is 5.60. The number of nitrogens with two attached hydrogens (primary N) is 1. The van der Waals surface area contributed by atoms with Crippen molar-refractivity contribution in [1.29, 1.82) is 0 Å². The van der Waals surface area contributed by atoms with E-state index < -0.39 is 0 Å². The first kappa shape index (κ1) is 8.02. The molecule has 0 radical (unpaired) electrons. The van der Waals surface area contributed by atoms with E-state index >= 15 is 0 Å². The number of hydrogen-bond acceptors (Lipinski definition) is 2. The van der Waals surface area contributed by atoms with Crippen LogP contribution in [0.3, 0.4) is 0 Å². The van der Waals surface area contributed by atoms with Crippen LogP contribution < -0.4 is 11.1 Å². The summed E-state index contributed by atoms with van der Waals surface area (Å²) in [6.07, 6.45) is 2.83. The minimum Gasteiger partial charge on any atom is -0.316 e. The number of hydrogen-bond donors (Lipinski definition) is 2. The lowest BCUT2D eigenvalue weighted by molar-refractivity contribution is 0.223. The van der Waals surface area contributed by atoms with Crippen LogP contribution in [0.1, 0.15) is 26.7 Å². The van der Waals surface area contributed by atoms with Crippen molar-refractivity contribution in [2.24, 2.45) is 17.6 Å². The predicted octanol–water partition coefficient (Wildman–Crippen LogP) is 0.927. The lowest BCUT2D eigenvalue weighted by Gasteiger charge is -2.32. The highest BCUT2D eigenvalue weighted by molar-refractivity contribution is 4.78. The second-order valence-electron chi connectivity index (χ2n) is 3.53. The highest BCUT2D eigenvalue weighted by atomic mass is 15.0. The second-order valence-corrected chi connectivity index (χ2v) is 3.53. The van der Waals surface area contributed by atoms with Crippen LogP contribution in [0.25, 0.3) is 0 Å². The molecule has 2 atom stereocenters. The molecule has 2 nitrogen and oxygen atoms in total. The zero-order valence-corrected chi connectivity index (χ0v) is 6.93. The standard InChI is InChI=1S/C8H18N2/c1-6(2)7-4-3-5-10-8(7)9/h6-8,10H,3-5,9H2,1-2H3. The summed E-state index contributed by atoms with van der Waals surface area (Å²) in [4.78, 5) is 0. The van der Waals surface area contributed by atoms with Gasteiger partial charge in [-0.1, -0.05) is 13.8 Å². The molecular formula is C8H18N2. The predicted molar refractivity (Wildman–Crippen MR) is 43.5 cm³/mol. The molecule has 1 saturated heterocycles. The lowest BCUT2D eigenvalue weighted by atomic mass is 9.86. The summed E-state index contributed by atoms with van der Waals surface area (Å²) in [6, 6.07) is 0. The first-order valence-corrected chi connectivity index (χ1v) is 4.21. The summed E-state index contributed by atoms with van der Waals surface area (Å²) in [5, 5.41) is 3.29. The fourth-order valence-corrected chi connectivity index (χ4v) is 1.69. The molecule has 2 unspecified atom stereocenters. The van der Waals surface area contributed by atoms with Crippen molar-refractivity contribution in [3.63, 3.8) is 0 Å². The van der Waals surface area contributed by atoms with Crippen molar-refractivity contribution in [1.82, 2.24) is 5.32 Å². The van der Waals surface area contributed by atoms with Gasteiger partial charge in [-0.2, -0.15) is 0 Å². The van der Waals surface area contributed by atoms with Gasteiger partial charge in [0.15, 0.2) is 0 Å². The van der Waals surface area contributed by atoms with Crippen LogP contribution >= 0.6 is 0 Å². The molecule has 0 aliphatic carbocycles. The Morgan fingerprint density at radius 2 is 2.20 bits per heavy atom. The van der Waals surface area contributed by atoms with E-state index in [0.717, 1.165) is 12.5 Å². The first-order chi connectivity index (χ1) is 4.72. The van der Waals surface area contributed by atoms with E-state index in [2.05, 4.69) is 19.2 Å². The minimum absolute atomic E-state index is 0.244. The zero-order chi connectivity index (χ0) is 7.56. The van der Waals surface area contributed by atoms with Crippen molar-refractivity contribution in [2.45, 2.75) is 32.9 Å². The number of rotatable bonds is 1. The van der Waals surface area contributed by atoms with Gasteiger partial charge in [-0.15, -0.1) is 0 Å². The molecule has 1 rings (SSSR count). The molecular weight excluding hydrogens is 124 g/mol. The van der Waals surface area contributed by atoms with Crippen LogP contribution in [0, 0.1) is 11.8 Å². The average Bonchev–Trinajstić information content (AvgIpc) is 1.88. The van der Waals surface area contributed by atoms with E-state index in [1.54, 1.807) is 0 Å². The van der Waals surface area contributed by atoms with Gasteiger partial charge in [0.1, 0.15) is 0 Å². The third-order valence-corrected chi connectivity index (χ3v) is 2.41. The summed E-state index contributed by atoms with van der Waals surface area (Å²) in [5.74, 6) is 1.41. The Morgan fingerprint density at radius 3 is 2.60 bits per heavy atom. The Morgan fingerprint density at radius 1 is 1.50 bits per heavy atom. The molecule has 0 aromatic heterocycles. The maximum Gasteiger partial charge on any atom is 0.0577 e. The van der Waals surface area contributed by atoms with Crippen molar-refractivity contribution in [2.75, 3.05) is 6.54 Å². The van der Waals surface area contributed by atoms with Crippen molar-refractivity contribution in [3.05, 3.63) is 0 Å². The average molecular weight is 142 g/mol. The molecule has 0 saturated carbocycles. The third-order valence-electron chi connectivity index (χ3n) is 2.41. The smallest absolute Gasteiger partial charge is 0.0577 e. The minimum atomic E-state index is 0.244. The molecule has 1 heterocycles. The largest absolute Gasteiger partial charge is 0.316 e. The molecule has 0 aromatic rings. The Balaban J connectivity index is 2.40. The molecule has 2 heteroatoms. The fraction of sp³-hybridized carbons (Fsp3) is 1.00. The highest BCUT2D eigenvalue weighted by Gasteiger charge is 2.23. The van der Waals surface area contributed by atoms with Crippen molar-refractivity contribution < 1.29 is 0 Å². The van der Waals surface area contributed by atoms with Crippen LogP contribution in [0.5, 0.6) is 0 Å². The van der Waals surface area contributed by atoms with Crippen LogP contribution in [-0.4, -0.2) is 12.7 Å². The normalized spacial score (nSPS) is 34.8. The zero-order valence-electron chi connectivity index (χ0n) is 6.93. The number of piperidine rings is 1. The molecule has 60 valence electrons. The maximum absolute atomic E-state index is 5.87. The Bertz CT molecular complexity index is 101. The van der Waals surface area contributed by atoms with Crippen LogP contribution in [0.4, 0.5) is 0 Å². The van der Waals surface area contributed by atoms with Gasteiger partial charge in [-0.25, -0.2) is 0 Å². The molecule has 0 aromatic carbocycles. The Labute approximate surface area is 63.2 Å². The number of nitrogens with one attached hydrogen (secondary N) is 1. The Kier molecular flexibility index (Phi) is 2.69. The summed E-state index contributed by atoms with van der Waals surface area (Å²) >= 11 is 0. The molecule has 1 aliphatic rings. The van der Waals surface area contributed by atoms with Gasteiger partial charge in [0, 0.05) is 0 Å². The summed E-state index contributed by atoms with van der Waals surface area (Å²) in [7, 11) is 0. The van der Waals surface area contributed by atoms with E-state index in [-0.39, 0.29) is 6.17 Å². The summed E-state index contributed by atoms with van der Waals surface area (Å²) in [5.41, 5.74) is 5.87. The highest BCUT2D eigenvalue weighted by Crippen LogP contribution is 2.21. The van der Waals surface area contributed by atoms with E-state index in [1.807, 2.05) is 0 Å². The van der Waals surface area contributed by atoms with Gasteiger partial charge in [0.2, 0.25) is 0 Å². The van der Waals surface area contributed by atoms with Crippen molar-refractivity contribution >= 4 is 0 Å². The van der Waals surface area contributed by atoms with E-state index in [9.17, 15) is 0 Å². The van der Waals surface area contributed by atoms with Gasteiger partial charge < -0.3 is 11.1 Å². The molecule has 10 heavy (non-hydrogen) atoms. The van der Waals surface area contributed by atoms with Gasteiger partial charge in [-0.3, -0.25) is 0 Å². The molecule has 0 bridgehead atoms. The molecule has 3 N–H and O–H groups in total. The maximum atomic E-state index is 5.87. The molecule has 1 fully saturated rings. The fourth-order valence-electron chi connectivity index (χ4n) is 1.69. The van der Waals surface area contributed by atoms with Gasteiger partial charge >= 0.3 is 0 Å². The van der Waals surface area contributed by atoms with Gasteiger partial charge in [-0.05, 0) is 31.2 Å². The third kappa shape index (κ3) is 1.70. The van der Waals surface area contributed by atoms with Crippen LogP contribution in [0.15, 0.2) is 0 Å². The summed E-state index contributed by atoms with van der Waals surface area (Å²) < 4.78 is 0. The van der Waals surface area contributed by atoms with Crippen molar-refractivity contribution in [3.8, 4) is 0 Å².